The number of halogens is 1. The van der Waals surface area contributed by atoms with Gasteiger partial charge in [-0.1, -0.05) is 11.6 Å². The van der Waals surface area contributed by atoms with Gasteiger partial charge >= 0.3 is 5.97 Å². The Labute approximate surface area is 128 Å². The van der Waals surface area contributed by atoms with E-state index in [9.17, 15) is 9.59 Å². The maximum atomic E-state index is 12.2. The van der Waals surface area contributed by atoms with E-state index in [0.29, 0.717) is 13.2 Å². The molecule has 0 aliphatic heterocycles. The second-order valence-corrected chi connectivity index (χ2v) is 4.64. The Morgan fingerprint density at radius 1 is 1.48 bits per heavy atom. The molecule has 1 heterocycles. The number of hydrogen-bond donors (Lipinski definition) is 1. The highest BCUT2D eigenvalue weighted by molar-refractivity contribution is 6.29. The van der Waals surface area contributed by atoms with E-state index in [1.165, 1.54) is 6.20 Å². The van der Waals surface area contributed by atoms with Crippen molar-refractivity contribution in [3.05, 3.63) is 21.7 Å². The summed E-state index contributed by atoms with van der Waals surface area (Å²) in [5, 5.41) is 3.03. The molecule has 118 valence electrons. The SMILES string of the molecule is CCOC(=O)Cn1c(Cl)cnc(NCCCCOC)c1=O. The van der Waals surface area contributed by atoms with Crippen molar-refractivity contribution in [1.82, 2.24) is 9.55 Å². The second kappa shape index (κ2) is 9.36. The number of carbonyl (C=O) groups is 1. The molecule has 0 spiro atoms. The average Bonchev–Trinajstić information content (AvgIpc) is 2.45. The lowest BCUT2D eigenvalue weighted by atomic mass is 10.3. The van der Waals surface area contributed by atoms with Crippen molar-refractivity contribution in [2.24, 2.45) is 0 Å². The molecule has 8 heteroatoms. The molecular weight excluding hydrogens is 298 g/mol. The zero-order valence-electron chi connectivity index (χ0n) is 12.2. The van der Waals surface area contributed by atoms with Crippen LogP contribution in [0.3, 0.4) is 0 Å². The van der Waals surface area contributed by atoms with E-state index in [0.717, 1.165) is 17.4 Å². The minimum absolute atomic E-state index is 0.0954. The van der Waals surface area contributed by atoms with Crippen molar-refractivity contribution >= 4 is 23.4 Å². The fourth-order valence-corrected chi connectivity index (χ4v) is 1.84. The smallest absolute Gasteiger partial charge is 0.326 e. The topological polar surface area (TPSA) is 82.5 Å². The third-order valence-electron chi connectivity index (χ3n) is 2.67. The molecule has 0 saturated carbocycles. The van der Waals surface area contributed by atoms with Crippen molar-refractivity contribution in [2.45, 2.75) is 26.3 Å². The predicted octanol–water partition coefficient (Wildman–Crippen LogP) is 1.30. The molecule has 1 aromatic rings. The van der Waals surface area contributed by atoms with Gasteiger partial charge in [0, 0.05) is 20.3 Å². The van der Waals surface area contributed by atoms with Crippen LogP contribution in [0.5, 0.6) is 0 Å². The minimum atomic E-state index is -0.515. The average molecular weight is 318 g/mol. The van der Waals surface area contributed by atoms with Gasteiger partial charge in [-0.15, -0.1) is 0 Å². The van der Waals surface area contributed by atoms with Gasteiger partial charge in [-0.25, -0.2) is 4.98 Å². The molecule has 0 unspecified atom stereocenters. The molecule has 1 rings (SSSR count). The molecule has 0 saturated heterocycles. The van der Waals surface area contributed by atoms with Crippen LogP contribution in [0.4, 0.5) is 5.82 Å². The van der Waals surface area contributed by atoms with E-state index in [2.05, 4.69) is 10.3 Å². The highest BCUT2D eigenvalue weighted by Gasteiger charge is 2.12. The molecule has 0 aliphatic rings. The Morgan fingerprint density at radius 3 is 2.90 bits per heavy atom. The first-order valence-electron chi connectivity index (χ1n) is 6.74. The van der Waals surface area contributed by atoms with Crippen LogP contribution in [0.2, 0.25) is 5.15 Å². The van der Waals surface area contributed by atoms with Gasteiger partial charge in [-0.2, -0.15) is 0 Å². The fraction of sp³-hybridized carbons (Fsp3) is 0.615. The summed E-state index contributed by atoms with van der Waals surface area (Å²) < 4.78 is 10.9. The molecule has 0 amide bonds. The minimum Gasteiger partial charge on any atom is -0.465 e. The maximum Gasteiger partial charge on any atom is 0.326 e. The lowest BCUT2D eigenvalue weighted by Gasteiger charge is -2.10. The summed E-state index contributed by atoms with van der Waals surface area (Å²) in [5.74, 6) is -0.347. The second-order valence-electron chi connectivity index (χ2n) is 4.25. The summed E-state index contributed by atoms with van der Waals surface area (Å²) in [4.78, 5) is 27.6. The van der Waals surface area contributed by atoms with Crippen LogP contribution in [0.15, 0.2) is 11.0 Å². The predicted molar refractivity (Wildman–Crippen MR) is 79.7 cm³/mol. The molecule has 0 atom stereocenters. The number of methoxy groups -OCH3 is 1. The zero-order valence-corrected chi connectivity index (χ0v) is 13.0. The lowest BCUT2D eigenvalue weighted by Crippen LogP contribution is -2.29. The van der Waals surface area contributed by atoms with Crippen molar-refractivity contribution < 1.29 is 14.3 Å². The number of esters is 1. The van der Waals surface area contributed by atoms with Crippen molar-refractivity contribution in [2.75, 3.05) is 32.2 Å². The lowest BCUT2D eigenvalue weighted by molar-refractivity contribution is -0.143. The monoisotopic (exact) mass is 317 g/mol. The zero-order chi connectivity index (χ0) is 15.7. The number of anilines is 1. The van der Waals surface area contributed by atoms with Crippen LogP contribution in [-0.4, -0.2) is 42.4 Å². The first-order valence-corrected chi connectivity index (χ1v) is 7.11. The number of unbranched alkanes of at least 4 members (excludes halogenated alkanes) is 1. The Kier molecular flexibility index (Phi) is 7.78. The van der Waals surface area contributed by atoms with E-state index < -0.39 is 11.5 Å². The summed E-state index contributed by atoms with van der Waals surface area (Å²) in [6.45, 7) is 2.98. The number of nitrogens with one attached hydrogen (secondary N) is 1. The van der Waals surface area contributed by atoms with Crippen LogP contribution in [-0.2, 0) is 20.8 Å². The van der Waals surface area contributed by atoms with Crippen LogP contribution in [0.25, 0.3) is 0 Å². The molecular formula is C13H20ClN3O4. The quantitative estimate of drug-likeness (QED) is 0.546. The first-order chi connectivity index (χ1) is 10.1. The third-order valence-corrected chi connectivity index (χ3v) is 2.97. The summed E-state index contributed by atoms with van der Waals surface area (Å²) in [6, 6.07) is 0. The van der Waals surface area contributed by atoms with E-state index in [4.69, 9.17) is 21.1 Å². The normalized spacial score (nSPS) is 10.4. The molecule has 1 N–H and O–H groups in total. The Morgan fingerprint density at radius 2 is 2.24 bits per heavy atom. The van der Waals surface area contributed by atoms with Crippen molar-refractivity contribution in [1.29, 1.82) is 0 Å². The van der Waals surface area contributed by atoms with Gasteiger partial charge in [-0.05, 0) is 19.8 Å². The van der Waals surface area contributed by atoms with Crippen molar-refractivity contribution in [3.63, 3.8) is 0 Å². The molecule has 0 radical (unpaired) electrons. The Bertz CT molecular complexity index is 519. The molecule has 0 aromatic carbocycles. The van der Waals surface area contributed by atoms with Gasteiger partial charge in [0.1, 0.15) is 11.7 Å². The number of hydrogen-bond acceptors (Lipinski definition) is 6. The van der Waals surface area contributed by atoms with Crippen molar-refractivity contribution in [3.8, 4) is 0 Å². The van der Waals surface area contributed by atoms with E-state index in [1.807, 2.05) is 0 Å². The number of rotatable bonds is 9. The van der Waals surface area contributed by atoms with Gasteiger partial charge in [0.25, 0.3) is 5.56 Å². The number of carbonyl (C=O) groups excluding carboxylic acids is 1. The van der Waals surface area contributed by atoms with Gasteiger partial charge in [0.2, 0.25) is 0 Å². The van der Waals surface area contributed by atoms with Crippen LogP contribution < -0.4 is 10.9 Å². The van der Waals surface area contributed by atoms with E-state index in [1.54, 1.807) is 14.0 Å². The van der Waals surface area contributed by atoms with Crippen LogP contribution >= 0.6 is 11.6 Å². The summed E-state index contributed by atoms with van der Waals surface area (Å²) in [6.07, 6.45) is 3.06. The van der Waals surface area contributed by atoms with Crippen LogP contribution in [0, 0.1) is 0 Å². The van der Waals surface area contributed by atoms with Gasteiger partial charge in [-0.3, -0.25) is 14.2 Å². The Balaban J connectivity index is 2.70. The van der Waals surface area contributed by atoms with Gasteiger partial charge in [0.05, 0.1) is 12.8 Å². The molecule has 0 aliphatic carbocycles. The maximum absolute atomic E-state index is 12.2. The molecule has 21 heavy (non-hydrogen) atoms. The molecule has 0 bridgehead atoms. The molecule has 1 aromatic heterocycles. The Hall–Kier alpha value is -1.60. The highest BCUT2D eigenvalue weighted by Crippen LogP contribution is 2.07. The standard InChI is InChI=1S/C13H20ClN3O4/c1-3-21-11(18)9-17-10(14)8-16-12(13(17)19)15-6-4-5-7-20-2/h8H,3-7,9H2,1-2H3,(H,15,16). The molecule has 0 fully saturated rings. The largest absolute Gasteiger partial charge is 0.465 e. The summed E-state index contributed by atoms with van der Waals surface area (Å²) >= 11 is 5.90. The van der Waals surface area contributed by atoms with Crippen LogP contribution in [0.1, 0.15) is 19.8 Å². The van der Waals surface area contributed by atoms with Gasteiger partial charge < -0.3 is 14.8 Å². The third kappa shape index (κ3) is 5.73. The summed E-state index contributed by atoms with van der Waals surface area (Å²) in [7, 11) is 1.64. The number of ether oxygens (including phenoxy) is 2. The van der Waals surface area contributed by atoms with E-state index >= 15 is 0 Å². The van der Waals surface area contributed by atoms with Gasteiger partial charge in [0.15, 0.2) is 5.82 Å². The summed E-state index contributed by atoms with van der Waals surface area (Å²) in [5.41, 5.74) is -0.442. The number of aromatic nitrogens is 2. The van der Waals surface area contributed by atoms with E-state index in [-0.39, 0.29) is 24.1 Å². The fourth-order valence-electron chi connectivity index (χ4n) is 1.65. The number of nitrogens with zero attached hydrogens (tertiary/aromatic N) is 2. The molecule has 7 nitrogen and oxygen atoms in total. The highest BCUT2D eigenvalue weighted by atomic mass is 35.5. The first kappa shape index (κ1) is 17.5.